The van der Waals surface area contributed by atoms with Crippen molar-refractivity contribution in [2.75, 3.05) is 24.7 Å². The standard InChI is InChI=1S/C15H29NO3S/c1-2-9-16-15-7-3-5-13(15)8-11-20(17,18)12-14-6-4-10-19-14/h13-16H,2-12H2,1H3. The molecular formula is C15H29NO3S. The van der Waals surface area contributed by atoms with Crippen LogP contribution in [-0.2, 0) is 14.6 Å². The summed E-state index contributed by atoms with van der Waals surface area (Å²) in [6, 6.07) is 0.535. The zero-order chi connectivity index (χ0) is 14.4. The monoisotopic (exact) mass is 303 g/mol. The third-order valence-electron chi connectivity index (χ3n) is 4.58. The van der Waals surface area contributed by atoms with E-state index in [1.807, 2.05) is 0 Å². The number of ether oxygens (including phenoxy) is 1. The van der Waals surface area contributed by atoms with E-state index in [1.54, 1.807) is 0 Å². The molecule has 3 unspecified atom stereocenters. The lowest BCUT2D eigenvalue weighted by atomic mass is 10.0. The van der Waals surface area contributed by atoms with Gasteiger partial charge in [-0.15, -0.1) is 0 Å². The Bertz CT molecular complexity index is 377. The van der Waals surface area contributed by atoms with Crippen LogP contribution in [0.15, 0.2) is 0 Å². The first-order valence-electron chi connectivity index (χ1n) is 8.16. The third-order valence-corrected chi connectivity index (χ3v) is 6.32. The van der Waals surface area contributed by atoms with Crippen LogP contribution < -0.4 is 5.32 Å². The summed E-state index contributed by atoms with van der Waals surface area (Å²) in [5.74, 6) is 1.11. The predicted molar refractivity (Wildman–Crippen MR) is 81.7 cm³/mol. The van der Waals surface area contributed by atoms with E-state index in [2.05, 4.69) is 12.2 Å². The molecule has 0 aromatic carbocycles. The molecule has 3 atom stereocenters. The van der Waals surface area contributed by atoms with Gasteiger partial charge in [0.2, 0.25) is 0 Å². The van der Waals surface area contributed by atoms with E-state index in [4.69, 9.17) is 4.74 Å². The maximum Gasteiger partial charge on any atom is 0.152 e. The van der Waals surface area contributed by atoms with Crippen molar-refractivity contribution in [3.8, 4) is 0 Å². The molecule has 2 aliphatic rings. The summed E-state index contributed by atoms with van der Waals surface area (Å²) in [6.07, 6.45) is 7.44. The van der Waals surface area contributed by atoms with Gasteiger partial charge in [-0.1, -0.05) is 13.3 Å². The van der Waals surface area contributed by atoms with Gasteiger partial charge in [-0.05, 0) is 51.0 Å². The molecule has 1 saturated heterocycles. The van der Waals surface area contributed by atoms with Crippen molar-refractivity contribution in [3.63, 3.8) is 0 Å². The molecule has 0 radical (unpaired) electrons. The van der Waals surface area contributed by atoms with E-state index in [-0.39, 0.29) is 11.9 Å². The molecule has 1 heterocycles. The minimum atomic E-state index is -2.95. The van der Waals surface area contributed by atoms with Gasteiger partial charge in [-0.3, -0.25) is 0 Å². The van der Waals surface area contributed by atoms with Gasteiger partial charge in [0, 0.05) is 12.6 Å². The molecule has 5 heteroatoms. The van der Waals surface area contributed by atoms with Crippen molar-refractivity contribution < 1.29 is 13.2 Å². The molecule has 0 amide bonds. The smallest absolute Gasteiger partial charge is 0.152 e. The van der Waals surface area contributed by atoms with Gasteiger partial charge in [0.05, 0.1) is 17.6 Å². The predicted octanol–water partition coefficient (Wildman–Crippen LogP) is 2.14. The number of nitrogens with one attached hydrogen (secondary N) is 1. The molecule has 2 fully saturated rings. The van der Waals surface area contributed by atoms with Crippen LogP contribution in [-0.4, -0.2) is 45.2 Å². The first kappa shape index (κ1) is 16.2. The number of hydrogen-bond acceptors (Lipinski definition) is 4. The molecule has 1 aliphatic heterocycles. The topological polar surface area (TPSA) is 55.4 Å². The molecule has 1 N–H and O–H groups in total. The first-order chi connectivity index (χ1) is 9.61. The molecule has 2 rings (SSSR count). The zero-order valence-electron chi connectivity index (χ0n) is 12.6. The molecule has 0 spiro atoms. The Hall–Kier alpha value is -0.130. The fourth-order valence-corrected chi connectivity index (χ4v) is 5.11. The Kier molecular flexibility index (Phi) is 6.30. The van der Waals surface area contributed by atoms with Crippen LogP contribution >= 0.6 is 0 Å². The Balaban J connectivity index is 1.75. The summed E-state index contributed by atoms with van der Waals surface area (Å²) in [7, 11) is -2.95. The normalized spacial score (nSPS) is 30.9. The highest BCUT2D eigenvalue weighted by Crippen LogP contribution is 2.29. The molecule has 0 aromatic rings. The third kappa shape index (κ3) is 5.01. The molecular weight excluding hydrogens is 274 g/mol. The lowest BCUT2D eigenvalue weighted by Crippen LogP contribution is -2.34. The molecule has 4 nitrogen and oxygen atoms in total. The lowest BCUT2D eigenvalue weighted by molar-refractivity contribution is 0.127. The average molecular weight is 303 g/mol. The maximum absolute atomic E-state index is 12.2. The van der Waals surface area contributed by atoms with Crippen molar-refractivity contribution >= 4 is 9.84 Å². The van der Waals surface area contributed by atoms with Gasteiger partial charge in [0.25, 0.3) is 0 Å². The van der Waals surface area contributed by atoms with Gasteiger partial charge in [-0.25, -0.2) is 8.42 Å². The highest BCUT2D eigenvalue weighted by atomic mass is 32.2. The second kappa shape index (κ2) is 7.76. The Morgan fingerprint density at radius 1 is 1.20 bits per heavy atom. The quantitative estimate of drug-likeness (QED) is 0.746. The van der Waals surface area contributed by atoms with Gasteiger partial charge >= 0.3 is 0 Å². The second-order valence-electron chi connectivity index (χ2n) is 6.29. The van der Waals surface area contributed by atoms with Crippen LogP contribution in [0.25, 0.3) is 0 Å². The van der Waals surface area contributed by atoms with E-state index in [0.717, 1.165) is 38.8 Å². The van der Waals surface area contributed by atoms with E-state index in [1.165, 1.54) is 19.3 Å². The molecule has 118 valence electrons. The molecule has 20 heavy (non-hydrogen) atoms. The van der Waals surface area contributed by atoms with Gasteiger partial charge < -0.3 is 10.1 Å². The second-order valence-corrected chi connectivity index (χ2v) is 8.52. The molecule has 1 saturated carbocycles. The molecule has 0 bridgehead atoms. The van der Waals surface area contributed by atoms with Gasteiger partial charge in [-0.2, -0.15) is 0 Å². The van der Waals surface area contributed by atoms with Crippen LogP contribution in [0.5, 0.6) is 0 Å². The van der Waals surface area contributed by atoms with Crippen molar-refractivity contribution in [1.29, 1.82) is 0 Å². The fraction of sp³-hybridized carbons (Fsp3) is 1.00. The van der Waals surface area contributed by atoms with E-state index in [0.29, 0.717) is 17.7 Å². The number of rotatable bonds is 8. The van der Waals surface area contributed by atoms with Crippen LogP contribution in [0.2, 0.25) is 0 Å². The molecule has 0 aromatic heterocycles. The van der Waals surface area contributed by atoms with Crippen LogP contribution in [0, 0.1) is 5.92 Å². The number of hydrogen-bond donors (Lipinski definition) is 1. The molecule has 1 aliphatic carbocycles. The van der Waals surface area contributed by atoms with E-state index >= 15 is 0 Å². The van der Waals surface area contributed by atoms with Crippen molar-refractivity contribution in [1.82, 2.24) is 5.32 Å². The van der Waals surface area contributed by atoms with Crippen molar-refractivity contribution in [2.24, 2.45) is 5.92 Å². The van der Waals surface area contributed by atoms with Crippen LogP contribution in [0.3, 0.4) is 0 Å². The van der Waals surface area contributed by atoms with Gasteiger partial charge in [0.1, 0.15) is 0 Å². The fourth-order valence-electron chi connectivity index (χ4n) is 3.45. The Labute approximate surface area is 123 Å². The van der Waals surface area contributed by atoms with Gasteiger partial charge in [0.15, 0.2) is 9.84 Å². The summed E-state index contributed by atoms with van der Waals surface area (Å²) < 4.78 is 29.8. The van der Waals surface area contributed by atoms with E-state index < -0.39 is 9.84 Å². The lowest BCUT2D eigenvalue weighted by Gasteiger charge is -2.21. The van der Waals surface area contributed by atoms with Crippen LogP contribution in [0.4, 0.5) is 0 Å². The maximum atomic E-state index is 12.2. The van der Waals surface area contributed by atoms with E-state index in [9.17, 15) is 8.42 Å². The Morgan fingerprint density at radius 2 is 2.05 bits per heavy atom. The van der Waals surface area contributed by atoms with Crippen molar-refractivity contribution in [2.45, 2.75) is 64.0 Å². The summed E-state index contributed by atoms with van der Waals surface area (Å²) in [5.41, 5.74) is 0. The first-order valence-corrected chi connectivity index (χ1v) is 9.98. The highest BCUT2D eigenvalue weighted by Gasteiger charge is 2.29. The van der Waals surface area contributed by atoms with Crippen LogP contribution in [0.1, 0.15) is 51.9 Å². The summed E-state index contributed by atoms with van der Waals surface area (Å²) >= 11 is 0. The zero-order valence-corrected chi connectivity index (χ0v) is 13.5. The number of sulfone groups is 1. The largest absolute Gasteiger partial charge is 0.377 e. The summed E-state index contributed by atoms with van der Waals surface area (Å²) in [4.78, 5) is 0. The minimum absolute atomic E-state index is 0.0439. The highest BCUT2D eigenvalue weighted by molar-refractivity contribution is 7.91. The Morgan fingerprint density at radius 3 is 2.75 bits per heavy atom. The van der Waals surface area contributed by atoms with Crippen molar-refractivity contribution in [3.05, 3.63) is 0 Å². The summed E-state index contributed by atoms with van der Waals surface area (Å²) in [6.45, 7) is 3.94. The average Bonchev–Trinajstić information content (AvgIpc) is 3.04. The SMILES string of the molecule is CCCNC1CCCC1CCS(=O)(=O)CC1CCCO1. The summed E-state index contributed by atoms with van der Waals surface area (Å²) in [5, 5.41) is 3.57. The minimum Gasteiger partial charge on any atom is -0.377 e.